The van der Waals surface area contributed by atoms with Gasteiger partial charge in [-0.05, 0) is 71.8 Å². The van der Waals surface area contributed by atoms with E-state index in [1.165, 1.54) is 18.4 Å². The van der Waals surface area contributed by atoms with Crippen molar-refractivity contribution in [1.29, 1.82) is 0 Å². The number of thiophene rings is 1. The van der Waals surface area contributed by atoms with Crippen LogP contribution in [0.1, 0.15) is 88.9 Å². The summed E-state index contributed by atoms with van der Waals surface area (Å²) in [6.07, 6.45) is 4.94. The largest absolute Gasteiger partial charge is 0.465 e. The van der Waals surface area contributed by atoms with Crippen LogP contribution in [-0.2, 0) is 9.53 Å². The zero-order valence-corrected chi connectivity index (χ0v) is 19.7. The number of esters is 1. The molecule has 1 amide bonds. The molecule has 1 aromatic rings. The summed E-state index contributed by atoms with van der Waals surface area (Å²) >= 11 is 1.41. The van der Waals surface area contributed by atoms with Gasteiger partial charge in [-0.3, -0.25) is 4.79 Å². The van der Waals surface area contributed by atoms with Crippen molar-refractivity contribution in [2.45, 2.75) is 79.7 Å². The molecule has 4 nitrogen and oxygen atoms in total. The van der Waals surface area contributed by atoms with Crippen molar-refractivity contribution in [3.63, 3.8) is 0 Å². The molecule has 1 fully saturated rings. The van der Waals surface area contributed by atoms with Crippen molar-refractivity contribution in [3.8, 4) is 11.8 Å². The van der Waals surface area contributed by atoms with Gasteiger partial charge >= 0.3 is 5.97 Å². The molecule has 0 N–H and O–H groups in total. The van der Waals surface area contributed by atoms with Gasteiger partial charge in [0.25, 0.3) is 0 Å². The Bertz CT molecular complexity index is 789. The summed E-state index contributed by atoms with van der Waals surface area (Å²) in [4.78, 5) is 28.5. The molecule has 0 aliphatic heterocycles. The predicted molar refractivity (Wildman–Crippen MR) is 120 cm³/mol. The molecule has 0 saturated heterocycles. The maximum atomic E-state index is 13.4. The highest BCUT2D eigenvalue weighted by Crippen LogP contribution is 2.37. The highest BCUT2D eigenvalue weighted by Gasteiger charge is 2.33. The monoisotopic (exact) mass is 417 g/mol. The van der Waals surface area contributed by atoms with Crippen LogP contribution in [0.2, 0.25) is 0 Å². The van der Waals surface area contributed by atoms with Gasteiger partial charge in [0.1, 0.15) is 5.00 Å². The molecular weight excluding hydrogens is 382 g/mol. The second-order valence-corrected chi connectivity index (χ2v) is 10.1. The third kappa shape index (κ3) is 5.85. The van der Waals surface area contributed by atoms with E-state index in [2.05, 4.69) is 39.5 Å². The van der Waals surface area contributed by atoms with Gasteiger partial charge in [-0.1, -0.05) is 25.7 Å². The number of ether oxygens (including phenoxy) is 1. The van der Waals surface area contributed by atoms with E-state index in [1.54, 1.807) is 11.0 Å². The lowest BCUT2D eigenvalue weighted by atomic mass is 9.82. The lowest BCUT2D eigenvalue weighted by molar-refractivity contribution is -0.123. The van der Waals surface area contributed by atoms with Gasteiger partial charge in [0.05, 0.1) is 17.6 Å². The molecule has 1 aliphatic rings. The van der Waals surface area contributed by atoms with Crippen molar-refractivity contribution in [2.75, 3.05) is 12.0 Å². The highest BCUT2D eigenvalue weighted by molar-refractivity contribution is 7.17. The first-order valence-corrected chi connectivity index (χ1v) is 11.5. The number of anilines is 1. The molecule has 0 radical (unpaired) electrons. The van der Waals surface area contributed by atoms with Crippen LogP contribution in [0.3, 0.4) is 0 Å². The molecule has 0 unspecified atom stereocenters. The summed E-state index contributed by atoms with van der Waals surface area (Å²) in [6.45, 7) is 12.6. The van der Waals surface area contributed by atoms with Crippen LogP contribution in [0, 0.1) is 29.1 Å². The summed E-state index contributed by atoms with van der Waals surface area (Å²) in [7, 11) is 1.37. The molecule has 0 atom stereocenters. The number of hydrogen-bond donors (Lipinski definition) is 0. The quantitative estimate of drug-likeness (QED) is 0.443. The van der Waals surface area contributed by atoms with Crippen LogP contribution in [-0.4, -0.2) is 25.0 Å². The van der Waals surface area contributed by atoms with Gasteiger partial charge in [-0.15, -0.1) is 11.3 Å². The topological polar surface area (TPSA) is 46.6 Å². The van der Waals surface area contributed by atoms with E-state index in [-0.39, 0.29) is 23.3 Å². The molecule has 1 heterocycles. The van der Waals surface area contributed by atoms with Crippen molar-refractivity contribution in [2.24, 2.45) is 17.3 Å². The van der Waals surface area contributed by atoms with Crippen molar-refractivity contribution >= 4 is 28.2 Å². The molecular formula is C24H35NO3S. The van der Waals surface area contributed by atoms with E-state index < -0.39 is 5.97 Å². The number of methoxy groups -OCH3 is 1. The second kappa shape index (κ2) is 9.80. The Balaban J connectivity index is 2.44. The first-order chi connectivity index (χ1) is 13.6. The summed E-state index contributed by atoms with van der Waals surface area (Å²) in [5, 5.41) is 0.661. The molecule has 1 aromatic heterocycles. The van der Waals surface area contributed by atoms with E-state index in [0.717, 1.165) is 37.0 Å². The number of rotatable bonds is 5. The summed E-state index contributed by atoms with van der Waals surface area (Å²) < 4.78 is 5.01. The molecule has 0 bridgehead atoms. The van der Waals surface area contributed by atoms with Gasteiger partial charge in [-0.2, -0.15) is 0 Å². The van der Waals surface area contributed by atoms with Gasteiger partial charge in [0.2, 0.25) is 5.91 Å². The Morgan fingerprint density at radius 2 is 1.90 bits per heavy atom. The standard InChI is InChI=1S/C24H35NO3S/c1-8-24(5,6)14-13-19-15-20(23(27)28-7)22(29-19)25(16(2)3)21(26)18-11-9-17(4)10-12-18/h15-18H,8-12H2,1-7H3. The maximum absolute atomic E-state index is 13.4. The molecule has 1 saturated carbocycles. The Morgan fingerprint density at radius 1 is 1.28 bits per heavy atom. The number of nitrogens with zero attached hydrogens (tertiary/aromatic N) is 1. The SMILES string of the molecule is CCC(C)(C)C#Cc1cc(C(=O)OC)c(N(C(=O)C2CCC(C)CC2)C(C)C)s1. The summed E-state index contributed by atoms with van der Waals surface area (Å²) in [6, 6.07) is 1.73. The third-order valence-corrected chi connectivity index (χ3v) is 6.91. The number of carbonyl (C=O) groups excluding carboxylic acids is 2. The van der Waals surface area contributed by atoms with Gasteiger partial charge < -0.3 is 9.64 Å². The number of hydrogen-bond acceptors (Lipinski definition) is 4. The van der Waals surface area contributed by atoms with E-state index in [1.807, 2.05) is 13.8 Å². The fourth-order valence-corrected chi connectivity index (χ4v) is 4.63. The lowest BCUT2D eigenvalue weighted by Gasteiger charge is -2.33. The van der Waals surface area contributed by atoms with Crippen LogP contribution in [0.4, 0.5) is 5.00 Å². The van der Waals surface area contributed by atoms with Crippen molar-refractivity contribution in [3.05, 3.63) is 16.5 Å². The van der Waals surface area contributed by atoms with Crippen molar-refractivity contribution in [1.82, 2.24) is 0 Å². The summed E-state index contributed by atoms with van der Waals surface area (Å²) in [5.74, 6) is 6.91. The Hall–Kier alpha value is -1.80. The number of amides is 1. The Kier molecular flexibility index (Phi) is 7.94. The molecule has 0 spiro atoms. The minimum Gasteiger partial charge on any atom is -0.465 e. The van der Waals surface area contributed by atoms with Crippen LogP contribution < -0.4 is 4.90 Å². The fraction of sp³-hybridized carbons (Fsp3) is 0.667. The maximum Gasteiger partial charge on any atom is 0.340 e. The average Bonchev–Trinajstić information content (AvgIpc) is 3.10. The lowest BCUT2D eigenvalue weighted by Crippen LogP contribution is -2.42. The zero-order valence-electron chi connectivity index (χ0n) is 18.9. The Morgan fingerprint density at radius 3 is 2.41 bits per heavy atom. The normalized spacial score (nSPS) is 19.4. The smallest absolute Gasteiger partial charge is 0.340 e. The van der Waals surface area contributed by atoms with E-state index in [9.17, 15) is 9.59 Å². The zero-order chi connectivity index (χ0) is 21.8. The van der Waals surface area contributed by atoms with E-state index in [4.69, 9.17) is 4.74 Å². The van der Waals surface area contributed by atoms with Crippen LogP contribution >= 0.6 is 11.3 Å². The molecule has 1 aliphatic carbocycles. The molecule has 29 heavy (non-hydrogen) atoms. The van der Waals surface area contributed by atoms with Gasteiger partial charge in [-0.25, -0.2) is 4.79 Å². The van der Waals surface area contributed by atoms with E-state index in [0.29, 0.717) is 16.5 Å². The van der Waals surface area contributed by atoms with E-state index >= 15 is 0 Å². The first-order valence-electron chi connectivity index (χ1n) is 10.7. The molecule has 2 rings (SSSR count). The van der Waals surface area contributed by atoms with Crippen LogP contribution in [0.15, 0.2) is 6.07 Å². The minimum absolute atomic E-state index is 0.0229. The minimum atomic E-state index is -0.422. The third-order valence-electron chi connectivity index (χ3n) is 5.86. The second-order valence-electron chi connectivity index (χ2n) is 9.07. The molecule has 0 aromatic carbocycles. The highest BCUT2D eigenvalue weighted by atomic mass is 32.1. The van der Waals surface area contributed by atoms with Gasteiger partial charge in [0.15, 0.2) is 0 Å². The predicted octanol–water partition coefficient (Wildman–Crippen LogP) is 5.89. The molecule has 160 valence electrons. The van der Waals surface area contributed by atoms with Crippen LogP contribution in [0.5, 0.6) is 0 Å². The van der Waals surface area contributed by atoms with Crippen molar-refractivity contribution < 1.29 is 14.3 Å². The number of carbonyl (C=O) groups is 2. The van der Waals surface area contributed by atoms with Gasteiger partial charge in [0, 0.05) is 17.4 Å². The average molecular weight is 418 g/mol. The van der Waals surface area contributed by atoms with Crippen LogP contribution in [0.25, 0.3) is 0 Å². The Labute approximate surface area is 180 Å². The first kappa shape index (κ1) is 23.5. The molecule has 5 heteroatoms. The fourth-order valence-electron chi connectivity index (χ4n) is 3.49. The summed E-state index contributed by atoms with van der Waals surface area (Å²) in [5.41, 5.74) is 0.337.